The Morgan fingerprint density at radius 2 is 2.11 bits per heavy atom. The molecule has 5 nitrogen and oxygen atoms in total. The molecular weight excluding hydrogens is 251 g/mol. The average molecular weight is 270 g/mol. The highest BCUT2D eigenvalue weighted by Gasteiger charge is 2.15. The molecule has 0 fully saturated rings. The van der Waals surface area contributed by atoms with Crippen molar-refractivity contribution in [3.63, 3.8) is 0 Å². The summed E-state index contributed by atoms with van der Waals surface area (Å²) in [5.74, 6) is -0.464. The molecule has 1 aromatic rings. The number of aliphatic hydroxyl groups is 1. The summed E-state index contributed by atoms with van der Waals surface area (Å²) in [6.07, 6.45) is 2.57. The molecule has 0 aliphatic rings. The Hall–Kier alpha value is -1.53. The maximum absolute atomic E-state index is 13.1. The molecule has 1 N–H and O–H groups in total. The predicted octanol–water partition coefficient (Wildman–Crippen LogP) is 2.33. The first-order valence-electron chi connectivity index (χ1n) is 6.27. The highest BCUT2D eigenvalue weighted by Crippen LogP contribution is 2.21. The fourth-order valence-corrected chi connectivity index (χ4v) is 1.90. The van der Waals surface area contributed by atoms with E-state index in [0.717, 1.165) is 31.9 Å². The van der Waals surface area contributed by atoms with E-state index in [9.17, 15) is 14.5 Å². The summed E-state index contributed by atoms with van der Waals surface area (Å²) in [5.41, 5.74) is 0.332. The minimum atomic E-state index is -0.492. The highest BCUT2D eigenvalue weighted by atomic mass is 19.1. The van der Waals surface area contributed by atoms with Gasteiger partial charge in [-0.15, -0.1) is 0 Å². The number of aliphatic hydroxyl groups excluding tert-OH is 1. The van der Waals surface area contributed by atoms with Crippen molar-refractivity contribution < 1.29 is 14.4 Å². The number of nitro groups is 1. The van der Waals surface area contributed by atoms with Gasteiger partial charge in [0.1, 0.15) is 5.82 Å². The van der Waals surface area contributed by atoms with Crippen molar-refractivity contribution in [3.8, 4) is 0 Å². The van der Waals surface area contributed by atoms with E-state index in [-0.39, 0.29) is 12.3 Å². The molecule has 19 heavy (non-hydrogen) atoms. The van der Waals surface area contributed by atoms with Gasteiger partial charge in [0.2, 0.25) is 0 Å². The van der Waals surface area contributed by atoms with E-state index in [1.165, 1.54) is 12.1 Å². The Labute approximate surface area is 111 Å². The van der Waals surface area contributed by atoms with Gasteiger partial charge in [-0.05, 0) is 45.0 Å². The summed E-state index contributed by atoms with van der Waals surface area (Å²) in [5, 5.41) is 19.5. The summed E-state index contributed by atoms with van der Waals surface area (Å²) in [6, 6.07) is 3.51. The molecule has 0 saturated carbocycles. The molecule has 0 aliphatic heterocycles. The van der Waals surface area contributed by atoms with Gasteiger partial charge in [0, 0.05) is 24.8 Å². The number of rotatable bonds is 8. The summed E-state index contributed by atoms with van der Waals surface area (Å²) in [4.78, 5) is 12.3. The topological polar surface area (TPSA) is 66.6 Å². The van der Waals surface area contributed by atoms with Crippen LogP contribution in [0.4, 0.5) is 10.1 Å². The van der Waals surface area contributed by atoms with E-state index >= 15 is 0 Å². The second-order valence-electron chi connectivity index (χ2n) is 4.55. The second-order valence-corrected chi connectivity index (χ2v) is 4.55. The zero-order chi connectivity index (χ0) is 14.3. The minimum Gasteiger partial charge on any atom is -0.396 e. The third kappa shape index (κ3) is 5.32. The molecular formula is C13H19FN2O3. The van der Waals surface area contributed by atoms with Crippen molar-refractivity contribution in [1.29, 1.82) is 0 Å². The van der Waals surface area contributed by atoms with Gasteiger partial charge < -0.3 is 10.0 Å². The Morgan fingerprint density at radius 3 is 2.74 bits per heavy atom. The first-order valence-corrected chi connectivity index (χ1v) is 6.27. The van der Waals surface area contributed by atoms with Crippen LogP contribution in [0.3, 0.4) is 0 Å². The van der Waals surface area contributed by atoms with Crippen molar-refractivity contribution in [2.75, 3.05) is 20.2 Å². The Kier molecular flexibility index (Phi) is 6.38. The standard InChI is InChI=1S/C13H19FN2O3/c1-15(7-3-2-4-8-17)10-11-9-12(14)5-6-13(11)16(18)19/h5-6,9,17H,2-4,7-8,10H2,1H3. The van der Waals surface area contributed by atoms with Crippen molar-refractivity contribution in [2.45, 2.75) is 25.8 Å². The second kappa shape index (κ2) is 7.81. The molecule has 106 valence electrons. The molecule has 0 bridgehead atoms. The van der Waals surface area contributed by atoms with E-state index in [1.807, 2.05) is 11.9 Å². The van der Waals surface area contributed by atoms with Crippen LogP contribution in [0, 0.1) is 15.9 Å². The van der Waals surface area contributed by atoms with E-state index in [1.54, 1.807) is 0 Å². The number of nitrogens with zero attached hydrogens (tertiary/aromatic N) is 2. The van der Waals surface area contributed by atoms with Gasteiger partial charge in [0.05, 0.1) is 4.92 Å². The Morgan fingerprint density at radius 1 is 1.37 bits per heavy atom. The molecule has 6 heteroatoms. The van der Waals surface area contributed by atoms with Crippen LogP contribution in [0.2, 0.25) is 0 Å². The maximum atomic E-state index is 13.1. The third-order valence-electron chi connectivity index (χ3n) is 2.88. The van der Waals surface area contributed by atoms with Crippen LogP contribution in [-0.2, 0) is 6.54 Å². The first-order chi connectivity index (χ1) is 9.04. The summed E-state index contributed by atoms with van der Waals surface area (Å²) in [6.45, 7) is 1.28. The molecule has 0 unspecified atom stereocenters. The van der Waals surface area contributed by atoms with Crippen LogP contribution in [-0.4, -0.2) is 35.1 Å². The smallest absolute Gasteiger partial charge is 0.274 e. The molecule has 1 aromatic carbocycles. The molecule has 0 saturated heterocycles. The lowest BCUT2D eigenvalue weighted by Crippen LogP contribution is -2.20. The van der Waals surface area contributed by atoms with Crippen LogP contribution >= 0.6 is 0 Å². The van der Waals surface area contributed by atoms with Crippen LogP contribution < -0.4 is 0 Å². The zero-order valence-electron chi connectivity index (χ0n) is 11.0. The van der Waals surface area contributed by atoms with Crippen molar-refractivity contribution in [3.05, 3.63) is 39.7 Å². The molecule has 0 heterocycles. The van der Waals surface area contributed by atoms with Crippen molar-refractivity contribution in [2.24, 2.45) is 0 Å². The molecule has 0 atom stereocenters. The predicted molar refractivity (Wildman–Crippen MR) is 70.3 cm³/mol. The third-order valence-corrected chi connectivity index (χ3v) is 2.88. The number of unbranched alkanes of at least 4 members (excludes halogenated alkanes) is 2. The van der Waals surface area contributed by atoms with E-state index < -0.39 is 10.7 Å². The zero-order valence-corrected chi connectivity index (χ0v) is 11.0. The van der Waals surface area contributed by atoms with E-state index in [0.29, 0.717) is 12.1 Å². The quantitative estimate of drug-likeness (QED) is 0.447. The molecule has 0 spiro atoms. The van der Waals surface area contributed by atoms with Gasteiger partial charge in [0.15, 0.2) is 0 Å². The fraction of sp³-hybridized carbons (Fsp3) is 0.538. The molecule has 0 amide bonds. The summed E-state index contributed by atoms with van der Waals surface area (Å²) < 4.78 is 13.1. The van der Waals surface area contributed by atoms with Gasteiger partial charge in [-0.25, -0.2) is 4.39 Å². The number of hydrogen-bond acceptors (Lipinski definition) is 4. The highest BCUT2D eigenvalue weighted by molar-refractivity contribution is 5.40. The van der Waals surface area contributed by atoms with Gasteiger partial charge in [0.25, 0.3) is 5.69 Å². The summed E-state index contributed by atoms with van der Waals surface area (Å²) in [7, 11) is 1.84. The lowest BCUT2D eigenvalue weighted by atomic mass is 10.1. The van der Waals surface area contributed by atoms with E-state index in [4.69, 9.17) is 5.11 Å². The molecule has 0 aliphatic carbocycles. The molecule has 0 radical (unpaired) electrons. The SMILES string of the molecule is CN(CCCCCO)Cc1cc(F)ccc1[N+](=O)[O-]. The van der Waals surface area contributed by atoms with Gasteiger partial charge in [-0.3, -0.25) is 10.1 Å². The lowest BCUT2D eigenvalue weighted by molar-refractivity contribution is -0.385. The monoisotopic (exact) mass is 270 g/mol. The van der Waals surface area contributed by atoms with Crippen LogP contribution in [0.5, 0.6) is 0 Å². The van der Waals surface area contributed by atoms with Gasteiger partial charge in [-0.1, -0.05) is 0 Å². The van der Waals surface area contributed by atoms with E-state index in [2.05, 4.69) is 0 Å². The van der Waals surface area contributed by atoms with Gasteiger partial charge in [-0.2, -0.15) is 0 Å². The Balaban J connectivity index is 2.60. The number of benzene rings is 1. The van der Waals surface area contributed by atoms with Gasteiger partial charge >= 0.3 is 0 Å². The fourth-order valence-electron chi connectivity index (χ4n) is 1.90. The maximum Gasteiger partial charge on any atom is 0.274 e. The lowest BCUT2D eigenvalue weighted by Gasteiger charge is -2.16. The summed E-state index contributed by atoms with van der Waals surface area (Å²) >= 11 is 0. The minimum absolute atomic E-state index is 0.0522. The normalized spacial score (nSPS) is 10.9. The van der Waals surface area contributed by atoms with Crippen LogP contribution in [0.1, 0.15) is 24.8 Å². The Bertz CT molecular complexity index is 426. The number of hydrogen-bond donors (Lipinski definition) is 1. The van der Waals surface area contributed by atoms with Crippen LogP contribution in [0.25, 0.3) is 0 Å². The largest absolute Gasteiger partial charge is 0.396 e. The molecule has 1 rings (SSSR count). The van der Waals surface area contributed by atoms with Crippen molar-refractivity contribution >= 4 is 5.69 Å². The first kappa shape index (κ1) is 15.5. The van der Waals surface area contributed by atoms with Crippen molar-refractivity contribution in [1.82, 2.24) is 4.90 Å². The van der Waals surface area contributed by atoms with Crippen LogP contribution in [0.15, 0.2) is 18.2 Å². The average Bonchev–Trinajstić information content (AvgIpc) is 2.34. The number of halogens is 1. The number of nitro benzene ring substituents is 1. The molecule has 0 aromatic heterocycles.